The Labute approximate surface area is 102 Å². The van der Waals surface area contributed by atoms with Crippen molar-refractivity contribution in [1.29, 1.82) is 0 Å². The van der Waals surface area contributed by atoms with E-state index in [1.165, 1.54) is 0 Å². The van der Waals surface area contributed by atoms with E-state index in [0.29, 0.717) is 0 Å². The summed E-state index contributed by atoms with van der Waals surface area (Å²) in [6.07, 6.45) is 5.36. The fourth-order valence-electron chi connectivity index (χ4n) is 1.50. The predicted molar refractivity (Wildman–Crippen MR) is 67.3 cm³/mol. The summed E-state index contributed by atoms with van der Waals surface area (Å²) in [6, 6.07) is 7.81. The van der Waals surface area contributed by atoms with E-state index in [0.717, 1.165) is 35.7 Å². The molecular weight excluding hydrogens is 212 g/mol. The minimum Gasteiger partial charge on any atom is -0.454 e. The van der Waals surface area contributed by atoms with Gasteiger partial charge < -0.3 is 4.74 Å². The standard InChI is InChI=1S/C14H16N2O/c1-3-11-5-7-13(9-15-11)17-14-8-6-12(4-2)16-10-14/h5-10H,3-4H2,1-2H3. The van der Waals surface area contributed by atoms with E-state index >= 15 is 0 Å². The molecule has 0 N–H and O–H groups in total. The summed E-state index contributed by atoms with van der Waals surface area (Å²) in [5.74, 6) is 1.49. The molecule has 0 unspecified atom stereocenters. The number of nitrogens with zero attached hydrogens (tertiary/aromatic N) is 2. The van der Waals surface area contributed by atoms with Crippen LogP contribution in [0.4, 0.5) is 0 Å². The van der Waals surface area contributed by atoms with Gasteiger partial charge in [-0.1, -0.05) is 13.8 Å². The fourth-order valence-corrected chi connectivity index (χ4v) is 1.50. The molecule has 0 aliphatic rings. The summed E-state index contributed by atoms with van der Waals surface area (Å²) in [7, 11) is 0. The van der Waals surface area contributed by atoms with Crippen molar-refractivity contribution < 1.29 is 4.74 Å². The molecule has 2 aromatic rings. The highest BCUT2D eigenvalue weighted by atomic mass is 16.5. The Morgan fingerprint density at radius 3 is 1.59 bits per heavy atom. The number of ether oxygens (including phenoxy) is 1. The molecule has 0 spiro atoms. The third-order valence-corrected chi connectivity index (χ3v) is 2.56. The second-order valence-corrected chi connectivity index (χ2v) is 3.78. The van der Waals surface area contributed by atoms with Crippen molar-refractivity contribution in [3.63, 3.8) is 0 Å². The highest BCUT2D eigenvalue weighted by Crippen LogP contribution is 2.19. The zero-order chi connectivity index (χ0) is 12.1. The molecule has 0 bridgehead atoms. The lowest BCUT2D eigenvalue weighted by atomic mass is 10.3. The van der Waals surface area contributed by atoms with Gasteiger partial charge in [0.15, 0.2) is 0 Å². The summed E-state index contributed by atoms with van der Waals surface area (Å²) in [4.78, 5) is 8.56. The first-order valence-electron chi connectivity index (χ1n) is 5.89. The van der Waals surface area contributed by atoms with Gasteiger partial charge in [-0.15, -0.1) is 0 Å². The van der Waals surface area contributed by atoms with Gasteiger partial charge in [-0.05, 0) is 37.1 Å². The van der Waals surface area contributed by atoms with E-state index in [9.17, 15) is 0 Å². The van der Waals surface area contributed by atoms with Crippen molar-refractivity contribution in [2.45, 2.75) is 26.7 Å². The maximum atomic E-state index is 5.65. The number of rotatable bonds is 4. The van der Waals surface area contributed by atoms with Crippen LogP contribution in [-0.4, -0.2) is 9.97 Å². The average molecular weight is 228 g/mol. The third kappa shape index (κ3) is 3.03. The molecule has 3 nitrogen and oxygen atoms in total. The molecule has 2 heterocycles. The molecule has 0 aliphatic heterocycles. The zero-order valence-corrected chi connectivity index (χ0v) is 10.2. The molecule has 0 fully saturated rings. The second kappa shape index (κ2) is 5.43. The number of aryl methyl sites for hydroxylation is 2. The summed E-state index contributed by atoms with van der Waals surface area (Å²) >= 11 is 0. The minimum absolute atomic E-state index is 0.744. The summed E-state index contributed by atoms with van der Waals surface area (Å²) in [6.45, 7) is 4.16. The smallest absolute Gasteiger partial charge is 0.145 e. The Hall–Kier alpha value is -1.90. The highest BCUT2D eigenvalue weighted by molar-refractivity contribution is 5.28. The molecule has 0 saturated carbocycles. The van der Waals surface area contributed by atoms with Crippen LogP contribution in [0.1, 0.15) is 25.2 Å². The Morgan fingerprint density at radius 2 is 1.29 bits per heavy atom. The third-order valence-electron chi connectivity index (χ3n) is 2.56. The summed E-state index contributed by atoms with van der Waals surface area (Å²) < 4.78 is 5.65. The van der Waals surface area contributed by atoms with Crippen LogP contribution in [0.5, 0.6) is 11.5 Å². The van der Waals surface area contributed by atoms with Gasteiger partial charge in [0.2, 0.25) is 0 Å². The number of hydrogen-bond donors (Lipinski definition) is 0. The van der Waals surface area contributed by atoms with Gasteiger partial charge in [-0.25, -0.2) is 0 Å². The molecule has 0 atom stereocenters. The monoisotopic (exact) mass is 228 g/mol. The largest absolute Gasteiger partial charge is 0.454 e. The predicted octanol–water partition coefficient (Wildman–Crippen LogP) is 3.39. The van der Waals surface area contributed by atoms with Crippen LogP contribution in [-0.2, 0) is 12.8 Å². The Kier molecular flexibility index (Phi) is 3.70. The quantitative estimate of drug-likeness (QED) is 0.804. The lowest BCUT2D eigenvalue weighted by molar-refractivity contribution is 0.477. The van der Waals surface area contributed by atoms with Crippen molar-refractivity contribution in [1.82, 2.24) is 9.97 Å². The van der Waals surface area contributed by atoms with Crippen molar-refractivity contribution in [2.24, 2.45) is 0 Å². The molecule has 0 saturated heterocycles. The van der Waals surface area contributed by atoms with E-state index in [2.05, 4.69) is 23.8 Å². The van der Waals surface area contributed by atoms with Crippen LogP contribution in [0.25, 0.3) is 0 Å². The van der Waals surface area contributed by atoms with Gasteiger partial charge in [-0.3, -0.25) is 9.97 Å². The lowest BCUT2D eigenvalue weighted by Crippen LogP contribution is -1.91. The minimum atomic E-state index is 0.744. The lowest BCUT2D eigenvalue weighted by Gasteiger charge is -2.05. The van der Waals surface area contributed by atoms with Crippen molar-refractivity contribution in [3.05, 3.63) is 48.0 Å². The van der Waals surface area contributed by atoms with Gasteiger partial charge in [0.1, 0.15) is 11.5 Å². The summed E-state index contributed by atoms with van der Waals surface area (Å²) in [5, 5.41) is 0. The molecular formula is C14H16N2O. The molecule has 88 valence electrons. The van der Waals surface area contributed by atoms with Crippen molar-refractivity contribution in [2.75, 3.05) is 0 Å². The molecule has 0 aliphatic carbocycles. The maximum absolute atomic E-state index is 5.65. The SMILES string of the molecule is CCc1ccc(Oc2ccc(CC)nc2)cn1. The topological polar surface area (TPSA) is 35.0 Å². The Bertz CT molecular complexity index is 417. The average Bonchev–Trinajstić information content (AvgIpc) is 2.40. The molecule has 0 radical (unpaired) electrons. The number of hydrogen-bond acceptors (Lipinski definition) is 3. The second-order valence-electron chi connectivity index (χ2n) is 3.78. The Balaban J connectivity index is 2.08. The Morgan fingerprint density at radius 1 is 0.824 bits per heavy atom. The number of aromatic nitrogens is 2. The van der Waals surface area contributed by atoms with Crippen molar-refractivity contribution in [3.8, 4) is 11.5 Å². The van der Waals surface area contributed by atoms with Crippen molar-refractivity contribution >= 4 is 0 Å². The van der Waals surface area contributed by atoms with E-state index in [1.807, 2.05) is 24.3 Å². The van der Waals surface area contributed by atoms with E-state index in [4.69, 9.17) is 4.74 Å². The fraction of sp³-hybridized carbons (Fsp3) is 0.286. The first-order valence-corrected chi connectivity index (χ1v) is 5.89. The molecule has 2 aromatic heterocycles. The first-order chi connectivity index (χ1) is 8.31. The van der Waals surface area contributed by atoms with Crippen LogP contribution in [0.3, 0.4) is 0 Å². The molecule has 3 heteroatoms. The van der Waals surface area contributed by atoms with Gasteiger partial charge in [0, 0.05) is 11.4 Å². The normalized spacial score (nSPS) is 10.2. The molecule has 17 heavy (non-hydrogen) atoms. The summed E-state index contributed by atoms with van der Waals surface area (Å²) in [5.41, 5.74) is 2.13. The molecule has 0 aromatic carbocycles. The first kappa shape index (κ1) is 11.6. The van der Waals surface area contributed by atoms with E-state index < -0.39 is 0 Å². The van der Waals surface area contributed by atoms with Gasteiger partial charge in [0.25, 0.3) is 0 Å². The van der Waals surface area contributed by atoms with Gasteiger partial charge in [0.05, 0.1) is 12.4 Å². The van der Waals surface area contributed by atoms with Gasteiger partial charge >= 0.3 is 0 Å². The van der Waals surface area contributed by atoms with Crippen LogP contribution < -0.4 is 4.74 Å². The number of pyridine rings is 2. The van der Waals surface area contributed by atoms with Crippen LogP contribution >= 0.6 is 0 Å². The van der Waals surface area contributed by atoms with Crippen LogP contribution in [0, 0.1) is 0 Å². The van der Waals surface area contributed by atoms with E-state index in [1.54, 1.807) is 12.4 Å². The molecule has 2 rings (SSSR count). The van der Waals surface area contributed by atoms with Gasteiger partial charge in [-0.2, -0.15) is 0 Å². The zero-order valence-electron chi connectivity index (χ0n) is 10.2. The highest BCUT2D eigenvalue weighted by Gasteiger charge is 1.99. The molecule has 0 amide bonds. The maximum Gasteiger partial charge on any atom is 0.145 e. The van der Waals surface area contributed by atoms with Crippen LogP contribution in [0.15, 0.2) is 36.7 Å². The van der Waals surface area contributed by atoms with Crippen LogP contribution in [0.2, 0.25) is 0 Å². The van der Waals surface area contributed by atoms with E-state index in [-0.39, 0.29) is 0 Å².